The molecule has 0 amide bonds. The lowest BCUT2D eigenvalue weighted by atomic mass is 9.91. The van der Waals surface area contributed by atoms with E-state index in [-0.39, 0.29) is 18.5 Å². The maximum Gasteiger partial charge on any atom is 0.383 e. The van der Waals surface area contributed by atoms with E-state index < -0.39 is 7.60 Å². The van der Waals surface area contributed by atoms with Gasteiger partial charge < -0.3 is 9.63 Å². The summed E-state index contributed by atoms with van der Waals surface area (Å²) in [5.74, 6) is 0.474. The number of allylic oxidation sites excluding steroid dienone is 1. The first-order chi connectivity index (χ1) is 16.8. The molecule has 0 bridgehead atoms. The van der Waals surface area contributed by atoms with Crippen molar-refractivity contribution in [3.05, 3.63) is 89.5 Å². The van der Waals surface area contributed by atoms with Crippen molar-refractivity contribution >= 4 is 13.2 Å². The third-order valence-corrected chi connectivity index (χ3v) is 7.78. The molecule has 0 saturated carbocycles. The first-order valence-electron chi connectivity index (χ1n) is 12.4. The fourth-order valence-electron chi connectivity index (χ4n) is 4.22. The standard InChI is InChI=1S/C30H37O4P/c1-6-8-10-15-25-19-28(31)30(27-18-23(5)16-17-26(27)22(3)4)29(20-25)34-35(32,33-7-2)21-24-13-11-9-12-14-24/h9,11-14,16-20,31H,3,6-8,10,15,21H2,1-2,4-5H3. The van der Waals surface area contributed by atoms with Gasteiger partial charge in [0.05, 0.1) is 18.3 Å². The summed E-state index contributed by atoms with van der Waals surface area (Å²) >= 11 is 0. The SMILES string of the molecule is C=C(C)c1ccc(C)cc1-c1c(O)cc(CCCCC)cc1OP(=O)(Cc1ccccc1)OCC. The van der Waals surface area contributed by atoms with Crippen LogP contribution < -0.4 is 4.52 Å². The lowest BCUT2D eigenvalue weighted by Crippen LogP contribution is -2.04. The molecule has 0 heterocycles. The van der Waals surface area contributed by atoms with E-state index in [1.807, 2.05) is 68.4 Å². The molecular weight excluding hydrogens is 455 g/mol. The molecule has 0 saturated heterocycles. The van der Waals surface area contributed by atoms with Gasteiger partial charge in [-0.25, -0.2) is 4.57 Å². The van der Waals surface area contributed by atoms with Crippen LogP contribution in [0.3, 0.4) is 0 Å². The maximum absolute atomic E-state index is 14.0. The number of rotatable bonds is 12. The zero-order chi connectivity index (χ0) is 25.4. The maximum atomic E-state index is 14.0. The monoisotopic (exact) mass is 492 g/mol. The molecular formula is C30H37O4P. The third-order valence-electron chi connectivity index (χ3n) is 5.90. The second kappa shape index (κ2) is 12.2. The van der Waals surface area contributed by atoms with Crippen LogP contribution in [0, 0.1) is 6.92 Å². The van der Waals surface area contributed by atoms with Crippen LogP contribution in [0.2, 0.25) is 0 Å². The Morgan fingerprint density at radius 3 is 2.40 bits per heavy atom. The molecule has 3 aromatic carbocycles. The molecule has 0 fully saturated rings. The van der Waals surface area contributed by atoms with E-state index in [1.54, 1.807) is 13.0 Å². The van der Waals surface area contributed by atoms with Crippen molar-refractivity contribution in [1.82, 2.24) is 0 Å². The van der Waals surface area contributed by atoms with Crippen molar-refractivity contribution < 1.29 is 18.7 Å². The molecule has 186 valence electrons. The van der Waals surface area contributed by atoms with Crippen LogP contribution in [0.1, 0.15) is 62.3 Å². The second-order valence-corrected chi connectivity index (χ2v) is 11.0. The minimum Gasteiger partial charge on any atom is -0.507 e. The van der Waals surface area contributed by atoms with Crippen LogP contribution in [0.4, 0.5) is 0 Å². The largest absolute Gasteiger partial charge is 0.507 e. The minimum atomic E-state index is -3.57. The number of phenolic OH excluding ortho intramolecular Hbond substituents is 1. The number of phenols is 1. The van der Waals surface area contributed by atoms with Crippen LogP contribution in [0.15, 0.2) is 67.2 Å². The van der Waals surface area contributed by atoms with Gasteiger partial charge in [0.2, 0.25) is 0 Å². The first kappa shape index (κ1) is 26.8. The molecule has 1 unspecified atom stereocenters. The van der Waals surface area contributed by atoms with Gasteiger partial charge in [0.25, 0.3) is 0 Å². The number of hydrogen-bond acceptors (Lipinski definition) is 4. The topological polar surface area (TPSA) is 55.8 Å². The van der Waals surface area contributed by atoms with Gasteiger partial charge in [-0.15, -0.1) is 0 Å². The minimum absolute atomic E-state index is 0.102. The highest BCUT2D eigenvalue weighted by Crippen LogP contribution is 2.55. The van der Waals surface area contributed by atoms with Crippen LogP contribution in [-0.2, 0) is 21.7 Å². The molecule has 5 heteroatoms. The van der Waals surface area contributed by atoms with E-state index in [0.29, 0.717) is 11.3 Å². The molecule has 0 radical (unpaired) electrons. The summed E-state index contributed by atoms with van der Waals surface area (Å²) < 4.78 is 26.0. The van der Waals surface area contributed by atoms with E-state index >= 15 is 0 Å². The van der Waals surface area contributed by atoms with Crippen molar-refractivity contribution in [2.24, 2.45) is 0 Å². The molecule has 35 heavy (non-hydrogen) atoms. The zero-order valence-electron chi connectivity index (χ0n) is 21.3. The summed E-state index contributed by atoms with van der Waals surface area (Å²) in [7, 11) is -3.57. The average molecular weight is 493 g/mol. The second-order valence-electron chi connectivity index (χ2n) is 9.04. The predicted molar refractivity (Wildman–Crippen MR) is 146 cm³/mol. The zero-order valence-corrected chi connectivity index (χ0v) is 22.2. The number of benzene rings is 3. The number of aryl methyl sites for hydroxylation is 2. The summed E-state index contributed by atoms with van der Waals surface area (Å²) in [6, 6.07) is 19.3. The molecule has 3 rings (SSSR count). The van der Waals surface area contributed by atoms with Gasteiger partial charge in [-0.05, 0) is 68.0 Å². The van der Waals surface area contributed by atoms with Crippen LogP contribution in [-0.4, -0.2) is 11.7 Å². The van der Waals surface area contributed by atoms with Gasteiger partial charge in [0, 0.05) is 0 Å². The van der Waals surface area contributed by atoms with Gasteiger partial charge in [0.1, 0.15) is 11.5 Å². The van der Waals surface area contributed by atoms with Gasteiger partial charge in [-0.2, -0.15) is 0 Å². The Kier molecular flexibility index (Phi) is 9.37. The van der Waals surface area contributed by atoms with E-state index in [4.69, 9.17) is 9.05 Å². The Balaban J connectivity index is 2.15. The highest BCUT2D eigenvalue weighted by atomic mass is 31.2. The molecule has 0 aliphatic heterocycles. The summed E-state index contributed by atoms with van der Waals surface area (Å²) in [6.07, 6.45) is 4.15. The van der Waals surface area contributed by atoms with Crippen molar-refractivity contribution in [3.63, 3.8) is 0 Å². The third kappa shape index (κ3) is 7.10. The van der Waals surface area contributed by atoms with E-state index in [2.05, 4.69) is 13.5 Å². The quantitative estimate of drug-likeness (QED) is 0.202. The van der Waals surface area contributed by atoms with Gasteiger partial charge in [-0.1, -0.05) is 86.0 Å². The van der Waals surface area contributed by atoms with Crippen LogP contribution in [0.25, 0.3) is 16.7 Å². The molecule has 0 aromatic heterocycles. The number of unbranched alkanes of at least 4 members (excludes halogenated alkanes) is 2. The fourth-order valence-corrected chi connectivity index (χ4v) is 5.92. The Labute approximate surface area is 210 Å². The average Bonchev–Trinajstić information content (AvgIpc) is 2.79. The highest BCUT2D eigenvalue weighted by molar-refractivity contribution is 7.53. The van der Waals surface area contributed by atoms with Crippen molar-refractivity contribution in [1.29, 1.82) is 0 Å². The number of aromatic hydroxyl groups is 1. The Morgan fingerprint density at radius 2 is 1.74 bits per heavy atom. The Hall–Kier alpha value is -2.81. The Bertz CT molecular complexity index is 1200. The Morgan fingerprint density at radius 1 is 1.00 bits per heavy atom. The van der Waals surface area contributed by atoms with Crippen molar-refractivity contribution in [2.75, 3.05) is 6.61 Å². The normalized spacial score (nSPS) is 12.8. The van der Waals surface area contributed by atoms with Crippen LogP contribution in [0.5, 0.6) is 11.5 Å². The van der Waals surface area contributed by atoms with Gasteiger partial charge in [0.15, 0.2) is 0 Å². The fraction of sp³-hybridized carbons (Fsp3) is 0.333. The number of hydrogen-bond donors (Lipinski definition) is 1. The highest BCUT2D eigenvalue weighted by Gasteiger charge is 2.29. The molecule has 0 aliphatic rings. The molecule has 1 N–H and O–H groups in total. The lowest BCUT2D eigenvalue weighted by molar-refractivity contribution is 0.278. The van der Waals surface area contributed by atoms with Gasteiger partial charge >= 0.3 is 7.60 Å². The smallest absolute Gasteiger partial charge is 0.383 e. The van der Waals surface area contributed by atoms with E-state index in [9.17, 15) is 9.67 Å². The molecule has 0 spiro atoms. The predicted octanol–water partition coefficient (Wildman–Crippen LogP) is 8.94. The van der Waals surface area contributed by atoms with Crippen molar-refractivity contribution in [3.8, 4) is 22.6 Å². The molecule has 3 aromatic rings. The molecule has 4 nitrogen and oxygen atoms in total. The summed E-state index contributed by atoms with van der Waals surface area (Å²) in [5.41, 5.74) is 5.94. The van der Waals surface area contributed by atoms with E-state index in [0.717, 1.165) is 59.1 Å². The summed E-state index contributed by atoms with van der Waals surface area (Å²) in [6.45, 7) is 12.3. The van der Waals surface area contributed by atoms with Gasteiger partial charge in [-0.3, -0.25) is 4.52 Å². The lowest BCUT2D eigenvalue weighted by Gasteiger charge is -2.23. The molecule has 1 atom stereocenters. The first-order valence-corrected chi connectivity index (χ1v) is 14.1. The summed E-state index contributed by atoms with van der Waals surface area (Å²) in [5, 5.41) is 11.3. The van der Waals surface area contributed by atoms with Crippen molar-refractivity contribution in [2.45, 2.75) is 59.5 Å². The summed E-state index contributed by atoms with van der Waals surface area (Å²) in [4.78, 5) is 0. The molecule has 0 aliphatic carbocycles. The van der Waals surface area contributed by atoms with Crippen LogP contribution >= 0.6 is 7.60 Å². The van der Waals surface area contributed by atoms with E-state index in [1.165, 1.54) is 0 Å².